The van der Waals surface area contributed by atoms with Crippen LogP contribution < -0.4 is 5.73 Å². The lowest BCUT2D eigenvalue weighted by Gasteiger charge is -2.41. The molecule has 4 nitrogen and oxygen atoms in total. The Morgan fingerprint density at radius 3 is 2.50 bits per heavy atom. The van der Waals surface area contributed by atoms with Crippen LogP contribution in [0.25, 0.3) is 0 Å². The Morgan fingerprint density at radius 2 is 2.20 bits per heavy atom. The van der Waals surface area contributed by atoms with Gasteiger partial charge in [0.15, 0.2) is 0 Å². The van der Waals surface area contributed by atoms with E-state index < -0.39 is 11.5 Å². The van der Waals surface area contributed by atoms with Crippen molar-refractivity contribution < 1.29 is 15.0 Å². The molecule has 0 aromatic rings. The zero-order valence-corrected chi connectivity index (χ0v) is 5.58. The molecule has 0 aromatic heterocycles. The van der Waals surface area contributed by atoms with Gasteiger partial charge >= 0.3 is 5.97 Å². The summed E-state index contributed by atoms with van der Waals surface area (Å²) in [5.74, 6) is -1.15. The van der Waals surface area contributed by atoms with Crippen LogP contribution in [-0.2, 0) is 4.79 Å². The van der Waals surface area contributed by atoms with Crippen molar-refractivity contribution in [2.24, 2.45) is 11.7 Å². The molecule has 0 saturated heterocycles. The predicted molar refractivity (Wildman–Crippen MR) is 34.4 cm³/mol. The van der Waals surface area contributed by atoms with Gasteiger partial charge in [0.25, 0.3) is 0 Å². The molecule has 4 N–H and O–H groups in total. The van der Waals surface area contributed by atoms with E-state index in [1.165, 1.54) is 0 Å². The summed E-state index contributed by atoms with van der Waals surface area (Å²) in [6.45, 7) is -0.114. The highest BCUT2D eigenvalue weighted by Crippen LogP contribution is 2.35. The van der Waals surface area contributed by atoms with Crippen LogP contribution in [-0.4, -0.2) is 28.3 Å². The average molecular weight is 145 g/mol. The fourth-order valence-electron chi connectivity index (χ4n) is 1.23. The maximum Gasteiger partial charge on any atom is 0.306 e. The minimum absolute atomic E-state index is 0.114. The van der Waals surface area contributed by atoms with Crippen molar-refractivity contribution >= 4 is 5.97 Å². The van der Waals surface area contributed by atoms with Crippen molar-refractivity contribution in [3.05, 3.63) is 0 Å². The summed E-state index contributed by atoms with van der Waals surface area (Å²) in [5, 5.41) is 17.1. The van der Waals surface area contributed by atoms with Crippen molar-refractivity contribution in [3.8, 4) is 0 Å². The molecule has 1 aliphatic rings. The Labute approximate surface area is 58.6 Å². The number of aliphatic carboxylic acids is 1. The molecule has 4 heteroatoms. The van der Waals surface area contributed by atoms with Crippen molar-refractivity contribution in [2.45, 2.75) is 18.4 Å². The molecule has 0 radical (unpaired) electrons. The fourth-order valence-corrected chi connectivity index (χ4v) is 1.23. The zero-order chi connectivity index (χ0) is 7.78. The maximum absolute atomic E-state index is 10.2. The van der Waals surface area contributed by atoms with Gasteiger partial charge in [0, 0.05) is 5.54 Å². The predicted octanol–water partition coefficient (Wildman–Crippen LogP) is -0.829. The molecule has 1 aliphatic carbocycles. The van der Waals surface area contributed by atoms with Crippen LogP contribution in [0.1, 0.15) is 12.8 Å². The van der Waals surface area contributed by atoms with Crippen LogP contribution >= 0.6 is 0 Å². The number of hydrogen-bond donors (Lipinski definition) is 3. The monoisotopic (exact) mass is 145 g/mol. The first kappa shape index (κ1) is 7.50. The molecule has 0 unspecified atom stereocenters. The largest absolute Gasteiger partial charge is 0.481 e. The summed E-state index contributed by atoms with van der Waals surface area (Å²) in [5.41, 5.74) is 4.91. The second-order valence-electron chi connectivity index (χ2n) is 2.96. The lowest BCUT2D eigenvalue weighted by molar-refractivity contribution is -0.147. The molecular formula is C6H11NO3. The van der Waals surface area contributed by atoms with E-state index in [1.807, 2.05) is 0 Å². The van der Waals surface area contributed by atoms with Gasteiger partial charge in [-0.3, -0.25) is 4.79 Å². The molecule has 58 valence electrons. The highest BCUT2D eigenvalue weighted by Gasteiger charge is 2.44. The van der Waals surface area contributed by atoms with Gasteiger partial charge in [-0.15, -0.1) is 0 Å². The van der Waals surface area contributed by atoms with Crippen LogP contribution in [0.2, 0.25) is 0 Å². The number of carboxylic acids is 1. The second kappa shape index (κ2) is 2.21. The first-order valence-corrected chi connectivity index (χ1v) is 3.20. The van der Waals surface area contributed by atoms with Gasteiger partial charge in [-0.05, 0) is 12.8 Å². The quantitative estimate of drug-likeness (QED) is 0.473. The summed E-state index contributed by atoms with van der Waals surface area (Å²) in [7, 11) is 0. The maximum atomic E-state index is 10.2. The van der Waals surface area contributed by atoms with Crippen molar-refractivity contribution in [3.63, 3.8) is 0 Å². The molecule has 0 spiro atoms. The lowest BCUT2D eigenvalue weighted by Crippen LogP contribution is -2.56. The SMILES string of the molecule is N[C@]1(CO)C[C@@H](C(=O)O)C1. The molecule has 0 amide bonds. The first-order valence-electron chi connectivity index (χ1n) is 3.20. The molecule has 0 aromatic carbocycles. The summed E-state index contributed by atoms with van der Waals surface area (Å²) < 4.78 is 0. The van der Waals surface area contributed by atoms with Crippen molar-refractivity contribution in [2.75, 3.05) is 6.61 Å². The Morgan fingerprint density at radius 1 is 1.70 bits per heavy atom. The van der Waals surface area contributed by atoms with Crippen LogP contribution in [0.5, 0.6) is 0 Å². The van der Waals surface area contributed by atoms with E-state index in [4.69, 9.17) is 15.9 Å². The van der Waals surface area contributed by atoms with Gasteiger partial charge in [0.2, 0.25) is 0 Å². The standard InChI is InChI=1S/C6H11NO3/c7-6(3-8)1-4(2-6)5(9)10/h4,8H,1-3,7H2,(H,9,10)/t4-,6-. The summed E-state index contributed by atoms with van der Waals surface area (Å²) in [4.78, 5) is 10.2. The Kier molecular flexibility index (Phi) is 1.66. The van der Waals surface area contributed by atoms with Crippen LogP contribution in [0, 0.1) is 5.92 Å². The van der Waals surface area contributed by atoms with E-state index >= 15 is 0 Å². The highest BCUT2D eigenvalue weighted by molar-refractivity contribution is 5.71. The summed E-state index contributed by atoms with van der Waals surface area (Å²) in [6, 6.07) is 0. The smallest absolute Gasteiger partial charge is 0.306 e. The van der Waals surface area contributed by atoms with Gasteiger partial charge in [0.1, 0.15) is 0 Å². The van der Waals surface area contributed by atoms with Crippen molar-refractivity contribution in [1.29, 1.82) is 0 Å². The highest BCUT2D eigenvalue weighted by atomic mass is 16.4. The minimum atomic E-state index is -0.811. The zero-order valence-electron chi connectivity index (χ0n) is 5.58. The molecule has 0 heterocycles. The third-order valence-electron chi connectivity index (χ3n) is 1.97. The average Bonchev–Trinajstić information content (AvgIpc) is 1.80. The van der Waals surface area contributed by atoms with E-state index in [9.17, 15) is 4.79 Å². The molecule has 0 atom stereocenters. The van der Waals surface area contributed by atoms with Gasteiger partial charge in [-0.25, -0.2) is 0 Å². The van der Waals surface area contributed by atoms with Crippen LogP contribution in [0.4, 0.5) is 0 Å². The number of nitrogens with two attached hydrogens (primary N) is 1. The summed E-state index contributed by atoms with van der Waals surface area (Å²) >= 11 is 0. The second-order valence-corrected chi connectivity index (χ2v) is 2.96. The van der Waals surface area contributed by atoms with Crippen LogP contribution in [0.15, 0.2) is 0 Å². The van der Waals surface area contributed by atoms with E-state index in [-0.39, 0.29) is 12.5 Å². The molecule has 0 aliphatic heterocycles. The third-order valence-corrected chi connectivity index (χ3v) is 1.97. The molecule has 1 rings (SSSR count). The molecule has 10 heavy (non-hydrogen) atoms. The van der Waals surface area contributed by atoms with E-state index in [2.05, 4.69) is 0 Å². The molecule has 1 saturated carbocycles. The Balaban J connectivity index is 2.36. The van der Waals surface area contributed by atoms with E-state index in [0.29, 0.717) is 12.8 Å². The van der Waals surface area contributed by atoms with E-state index in [0.717, 1.165) is 0 Å². The fraction of sp³-hybridized carbons (Fsp3) is 0.833. The Hall–Kier alpha value is -0.610. The first-order chi connectivity index (χ1) is 4.57. The third kappa shape index (κ3) is 1.12. The number of aliphatic hydroxyl groups is 1. The Bertz CT molecular complexity index is 151. The van der Waals surface area contributed by atoms with Crippen LogP contribution in [0.3, 0.4) is 0 Å². The normalized spacial score (nSPS) is 38.8. The molecule has 0 bridgehead atoms. The van der Waals surface area contributed by atoms with Gasteiger partial charge in [0.05, 0.1) is 12.5 Å². The lowest BCUT2D eigenvalue weighted by atomic mass is 9.69. The van der Waals surface area contributed by atoms with Gasteiger partial charge in [-0.2, -0.15) is 0 Å². The molecular weight excluding hydrogens is 134 g/mol. The van der Waals surface area contributed by atoms with Crippen molar-refractivity contribution in [1.82, 2.24) is 0 Å². The summed E-state index contributed by atoms with van der Waals surface area (Å²) in [6.07, 6.45) is 0.803. The number of rotatable bonds is 2. The minimum Gasteiger partial charge on any atom is -0.481 e. The number of hydrogen-bond acceptors (Lipinski definition) is 3. The molecule has 1 fully saturated rings. The number of carbonyl (C=O) groups is 1. The number of aliphatic hydroxyl groups excluding tert-OH is 1. The van der Waals surface area contributed by atoms with Gasteiger partial charge < -0.3 is 15.9 Å². The van der Waals surface area contributed by atoms with E-state index in [1.54, 1.807) is 0 Å². The number of carboxylic acid groups (broad SMARTS) is 1. The topological polar surface area (TPSA) is 83.5 Å². The van der Waals surface area contributed by atoms with Gasteiger partial charge in [-0.1, -0.05) is 0 Å².